The predicted molar refractivity (Wildman–Crippen MR) is 144 cm³/mol. The number of fused-ring (bicyclic) bond motifs is 1. The number of nitrogens with one attached hydrogen (secondary N) is 4. The molecule has 202 valence electrons. The maximum absolute atomic E-state index is 12.9. The highest BCUT2D eigenvalue weighted by atomic mass is 32.2. The van der Waals surface area contributed by atoms with Crippen LogP contribution in [0.15, 0.2) is 30.5 Å². The molecule has 4 atom stereocenters. The van der Waals surface area contributed by atoms with E-state index >= 15 is 0 Å². The number of H-pyrrole nitrogens is 1. The molecule has 2 aromatic rings. The number of nitrogens with two attached hydrogens (primary N) is 2. The molecular formula is C23H32N6O6S2. The Morgan fingerprint density at radius 3 is 2.27 bits per heavy atom. The number of amides is 4. The second-order valence-electron chi connectivity index (χ2n) is 8.33. The number of carboxylic acid groups (broad SMARTS) is 1. The summed E-state index contributed by atoms with van der Waals surface area (Å²) in [5.41, 5.74) is 12.3. The number of hydrogen-bond donors (Lipinski definition) is 8. The Kier molecular flexibility index (Phi) is 11.8. The van der Waals surface area contributed by atoms with Crippen LogP contribution in [0.25, 0.3) is 10.9 Å². The van der Waals surface area contributed by atoms with E-state index in [1.807, 2.05) is 30.5 Å². The van der Waals surface area contributed by atoms with Crippen molar-refractivity contribution in [3.63, 3.8) is 0 Å². The van der Waals surface area contributed by atoms with Gasteiger partial charge in [-0.2, -0.15) is 24.4 Å². The molecule has 0 radical (unpaired) electrons. The second kappa shape index (κ2) is 14.5. The molecule has 0 saturated heterocycles. The largest absolute Gasteiger partial charge is 0.480 e. The molecule has 4 unspecified atom stereocenters. The van der Waals surface area contributed by atoms with E-state index in [4.69, 9.17) is 11.5 Å². The van der Waals surface area contributed by atoms with Crippen molar-refractivity contribution < 1.29 is 29.1 Å². The number of aliphatic carboxylic acids is 1. The summed E-state index contributed by atoms with van der Waals surface area (Å²) in [6, 6.07) is 2.66. The Bertz CT molecular complexity index is 1130. The molecule has 37 heavy (non-hydrogen) atoms. The maximum Gasteiger partial charge on any atom is 0.326 e. The van der Waals surface area contributed by atoms with Crippen molar-refractivity contribution in [1.82, 2.24) is 20.9 Å². The number of carbonyl (C=O) groups is 5. The third-order valence-corrected chi connectivity index (χ3v) is 6.54. The number of hydrogen-bond acceptors (Lipinski definition) is 8. The predicted octanol–water partition coefficient (Wildman–Crippen LogP) is -0.865. The first-order chi connectivity index (χ1) is 17.6. The topological polar surface area (TPSA) is 209 Å². The van der Waals surface area contributed by atoms with E-state index in [0.717, 1.165) is 10.9 Å². The molecule has 0 aliphatic carbocycles. The Hall–Kier alpha value is -3.23. The summed E-state index contributed by atoms with van der Waals surface area (Å²) < 4.78 is 0. The minimum atomic E-state index is -1.26. The fraction of sp³-hybridized carbons (Fsp3) is 0.435. The van der Waals surface area contributed by atoms with Gasteiger partial charge in [0.25, 0.3) is 0 Å². The van der Waals surface area contributed by atoms with E-state index in [-0.39, 0.29) is 18.6 Å². The quantitative estimate of drug-likeness (QED) is 0.130. The summed E-state index contributed by atoms with van der Waals surface area (Å²) in [5.74, 6) is -3.77. The van der Waals surface area contributed by atoms with Crippen LogP contribution in [0.5, 0.6) is 0 Å². The van der Waals surface area contributed by atoms with Gasteiger partial charge in [-0.25, -0.2) is 4.79 Å². The lowest BCUT2D eigenvalue weighted by Crippen LogP contribution is -2.58. The number of thioether (sulfide) groups is 1. The highest BCUT2D eigenvalue weighted by molar-refractivity contribution is 7.98. The Morgan fingerprint density at radius 2 is 1.65 bits per heavy atom. The van der Waals surface area contributed by atoms with Gasteiger partial charge in [0.2, 0.25) is 23.6 Å². The van der Waals surface area contributed by atoms with Crippen LogP contribution in [0.2, 0.25) is 0 Å². The summed E-state index contributed by atoms with van der Waals surface area (Å²) in [6.07, 6.45) is 3.35. The monoisotopic (exact) mass is 552 g/mol. The minimum absolute atomic E-state index is 0.0164. The molecule has 9 N–H and O–H groups in total. The van der Waals surface area contributed by atoms with Crippen LogP contribution >= 0.6 is 24.4 Å². The zero-order chi connectivity index (χ0) is 27.5. The number of benzene rings is 1. The van der Waals surface area contributed by atoms with Crippen LogP contribution < -0.4 is 27.4 Å². The van der Waals surface area contributed by atoms with Crippen molar-refractivity contribution in [2.24, 2.45) is 11.5 Å². The second-order valence-corrected chi connectivity index (χ2v) is 9.68. The zero-order valence-electron chi connectivity index (χ0n) is 20.2. The Morgan fingerprint density at radius 1 is 1.03 bits per heavy atom. The van der Waals surface area contributed by atoms with E-state index in [2.05, 4.69) is 33.6 Å². The van der Waals surface area contributed by atoms with Crippen molar-refractivity contribution in [2.45, 2.75) is 43.4 Å². The molecule has 1 heterocycles. The van der Waals surface area contributed by atoms with Gasteiger partial charge < -0.3 is 37.5 Å². The fourth-order valence-electron chi connectivity index (χ4n) is 3.55. The number of rotatable bonds is 15. The third kappa shape index (κ3) is 8.98. The van der Waals surface area contributed by atoms with Gasteiger partial charge in [0, 0.05) is 29.3 Å². The first-order valence-electron chi connectivity index (χ1n) is 11.4. The lowest BCUT2D eigenvalue weighted by Gasteiger charge is -2.24. The van der Waals surface area contributed by atoms with E-state index in [1.54, 1.807) is 6.20 Å². The van der Waals surface area contributed by atoms with E-state index < -0.39 is 60.2 Å². The average molecular weight is 553 g/mol. The number of para-hydroxylation sites is 1. The number of thiol groups is 1. The minimum Gasteiger partial charge on any atom is -0.480 e. The van der Waals surface area contributed by atoms with Gasteiger partial charge in [-0.05, 0) is 30.1 Å². The molecule has 14 heteroatoms. The summed E-state index contributed by atoms with van der Waals surface area (Å²) in [7, 11) is 0. The normalized spacial score (nSPS) is 14.2. The van der Waals surface area contributed by atoms with E-state index in [0.29, 0.717) is 11.3 Å². The fourth-order valence-corrected chi connectivity index (χ4v) is 4.28. The van der Waals surface area contributed by atoms with Gasteiger partial charge in [-0.3, -0.25) is 19.2 Å². The molecule has 0 aliphatic rings. The molecule has 0 saturated carbocycles. The average Bonchev–Trinajstić information content (AvgIpc) is 3.26. The van der Waals surface area contributed by atoms with Gasteiger partial charge in [0.15, 0.2) is 0 Å². The summed E-state index contributed by atoms with van der Waals surface area (Å²) >= 11 is 5.57. The molecule has 0 spiro atoms. The Balaban J connectivity index is 2.08. The number of primary amides is 1. The molecular weight excluding hydrogens is 520 g/mol. The SMILES string of the molecule is CSCCC(NC(=O)C(N)CC(N)=O)C(=O)NC(CS)C(=O)NC(Cc1c[nH]c2ccccc12)C(=O)O. The maximum atomic E-state index is 12.9. The molecule has 12 nitrogen and oxygen atoms in total. The van der Waals surface area contributed by atoms with Crippen LogP contribution in [-0.4, -0.2) is 81.6 Å². The van der Waals surface area contributed by atoms with Crippen LogP contribution in [0, 0.1) is 0 Å². The van der Waals surface area contributed by atoms with Gasteiger partial charge in [0.05, 0.1) is 12.5 Å². The molecule has 2 rings (SSSR count). The number of aromatic nitrogens is 1. The van der Waals surface area contributed by atoms with Gasteiger partial charge >= 0.3 is 5.97 Å². The van der Waals surface area contributed by atoms with Crippen molar-refractivity contribution in [1.29, 1.82) is 0 Å². The Labute approximate surface area is 223 Å². The first-order valence-corrected chi connectivity index (χ1v) is 13.4. The molecule has 0 bridgehead atoms. The van der Waals surface area contributed by atoms with Gasteiger partial charge in [-0.1, -0.05) is 18.2 Å². The van der Waals surface area contributed by atoms with Crippen molar-refractivity contribution in [3.05, 3.63) is 36.0 Å². The molecule has 1 aromatic carbocycles. The lowest BCUT2D eigenvalue weighted by atomic mass is 10.0. The van der Waals surface area contributed by atoms with E-state index in [1.165, 1.54) is 11.8 Å². The molecule has 1 aromatic heterocycles. The highest BCUT2D eigenvalue weighted by Crippen LogP contribution is 2.19. The van der Waals surface area contributed by atoms with E-state index in [9.17, 15) is 29.1 Å². The number of aromatic amines is 1. The van der Waals surface area contributed by atoms with Gasteiger partial charge in [0.1, 0.15) is 18.1 Å². The molecule has 4 amide bonds. The standard InChI is InChI=1S/C23H32N6O6S2/c1-37-7-6-16(27-20(31)14(24)9-19(25)30)21(32)29-18(11-36)22(33)28-17(23(34)35)8-12-10-26-15-5-3-2-4-13(12)15/h2-5,10,14,16-18,26,36H,6-9,11,24H2,1H3,(H2,25,30)(H,27,31)(H,28,33)(H,29,32)(H,34,35). The van der Waals surface area contributed by atoms with Crippen molar-refractivity contribution in [2.75, 3.05) is 17.8 Å². The molecule has 0 aliphatic heterocycles. The third-order valence-electron chi connectivity index (χ3n) is 5.53. The summed E-state index contributed by atoms with van der Waals surface area (Å²) in [4.78, 5) is 64.1. The summed E-state index contributed by atoms with van der Waals surface area (Å²) in [5, 5.41) is 18.0. The van der Waals surface area contributed by atoms with Crippen LogP contribution in [0.1, 0.15) is 18.4 Å². The molecule has 0 fully saturated rings. The lowest BCUT2D eigenvalue weighted by molar-refractivity contribution is -0.142. The summed E-state index contributed by atoms with van der Waals surface area (Å²) in [6.45, 7) is 0. The highest BCUT2D eigenvalue weighted by Gasteiger charge is 2.30. The van der Waals surface area contributed by atoms with Crippen LogP contribution in [-0.2, 0) is 30.4 Å². The van der Waals surface area contributed by atoms with Crippen LogP contribution in [0.3, 0.4) is 0 Å². The van der Waals surface area contributed by atoms with Crippen molar-refractivity contribution in [3.8, 4) is 0 Å². The first kappa shape index (κ1) is 30.0. The number of carbonyl (C=O) groups excluding carboxylic acids is 4. The van der Waals surface area contributed by atoms with Crippen LogP contribution in [0.4, 0.5) is 0 Å². The van der Waals surface area contributed by atoms with Crippen molar-refractivity contribution >= 4 is 64.9 Å². The zero-order valence-corrected chi connectivity index (χ0v) is 21.9. The van der Waals surface area contributed by atoms with Gasteiger partial charge in [-0.15, -0.1) is 0 Å². The smallest absolute Gasteiger partial charge is 0.326 e. The number of carboxylic acids is 1.